The number of rotatable bonds is 5. The molecule has 0 saturated carbocycles. The Bertz CT molecular complexity index is 1650. The summed E-state index contributed by atoms with van der Waals surface area (Å²) in [4.78, 5) is 28.5. The number of aryl methyl sites for hydroxylation is 1. The molecule has 1 atom stereocenters. The van der Waals surface area contributed by atoms with E-state index in [2.05, 4.69) is 25.2 Å². The lowest BCUT2D eigenvalue weighted by atomic mass is 9.91. The maximum absolute atomic E-state index is 14.0. The molecule has 1 saturated heterocycles. The van der Waals surface area contributed by atoms with Crippen molar-refractivity contribution in [3.63, 3.8) is 0 Å². The third-order valence-corrected chi connectivity index (χ3v) is 7.99. The molecule has 2 amide bonds. The van der Waals surface area contributed by atoms with Gasteiger partial charge in [0, 0.05) is 38.1 Å². The molecular formula is C31H33F3N6O3. The zero-order chi connectivity index (χ0) is 30.3. The van der Waals surface area contributed by atoms with E-state index in [9.17, 15) is 18.0 Å². The number of amides is 2. The average molecular weight is 595 g/mol. The van der Waals surface area contributed by atoms with Crippen LogP contribution in [0.15, 0.2) is 48.8 Å². The van der Waals surface area contributed by atoms with Crippen molar-refractivity contribution < 1.29 is 27.4 Å². The number of hydrogen-bond donors (Lipinski definition) is 2. The predicted octanol–water partition coefficient (Wildman–Crippen LogP) is 6.70. The van der Waals surface area contributed by atoms with Crippen LogP contribution in [0.25, 0.3) is 11.0 Å². The van der Waals surface area contributed by atoms with Crippen LogP contribution in [-0.4, -0.2) is 63.6 Å². The minimum absolute atomic E-state index is 0.0117. The number of halogens is 3. The molecule has 6 rings (SSSR count). The molecule has 2 N–H and O–H groups in total. The lowest BCUT2D eigenvalue weighted by molar-refractivity contribution is -0.139. The fraction of sp³-hybridized carbons (Fsp3) is 0.387. The highest BCUT2D eigenvalue weighted by Gasteiger charge is 2.37. The van der Waals surface area contributed by atoms with E-state index >= 15 is 0 Å². The van der Waals surface area contributed by atoms with E-state index in [4.69, 9.17) is 9.47 Å². The fourth-order valence-corrected chi connectivity index (χ4v) is 5.75. The van der Waals surface area contributed by atoms with Crippen molar-refractivity contribution in [2.24, 2.45) is 0 Å². The van der Waals surface area contributed by atoms with Crippen LogP contribution in [0.4, 0.5) is 23.7 Å². The number of aromatic amines is 1. The molecule has 1 fully saturated rings. The van der Waals surface area contributed by atoms with E-state index < -0.39 is 23.7 Å². The summed E-state index contributed by atoms with van der Waals surface area (Å²) in [6.07, 6.45) is -0.911. The average Bonchev–Trinajstić information content (AvgIpc) is 3.35. The van der Waals surface area contributed by atoms with Crippen molar-refractivity contribution in [2.75, 3.05) is 32.0 Å². The van der Waals surface area contributed by atoms with Crippen molar-refractivity contribution in [1.29, 1.82) is 0 Å². The number of anilines is 1. The number of aromatic nitrogens is 3. The van der Waals surface area contributed by atoms with Crippen LogP contribution in [0.5, 0.6) is 17.4 Å². The third kappa shape index (κ3) is 6.24. The molecule has 0 bridgehead atoms. The number of piperidine rings is 1. The Hall–Kier alpha value is -4.32. The molecule has 3 aromatic heterocycles. The molecule has 0 spiro atoms. The van der Waals surface area contributed by atoms with Crippen LogP contribution in [0.3, 0.4) is 0 Å². The maximum Gasteiger partial charge on any atom is 0.421 e. The summed E-state index contributed by atoms with van der Waals surface area (Å²) < 4.78 is 53.8. The largest absolute Gasteiger partial charge is 0.474 e. The lowest BCUT2D eigenvalue weighted by Gasteiger charge is -2.33. The first-order valence-electron chi connectivity index (χ1n) is 14.3. The highest BCUT2D eigenvalue weighted by molar-refractivity contribution is 5.89. The van der Waals surface area contributed by atoms with Crippen molar-refractivity contribution in [1.82, 2.24) is 24.8 Å². The number of alkyl halides is 3. The molecule has 2 aliphatic rings. The van der Waals surface area contributed by atoms with Gasteiger partial charge in [0.2, 0.25) is 5.88 Å². The van der Waals surface area contributed by atoms with Crippen molar-refractivity contribution in [3.05, 3.63) is 71.2 Å². The predicted molar refractivity (Wildman–Crippen MR) is 156 cm³/mol. The van der Waals surface area contributed by atoms with E-state index in [1.165, 1.54) is 6.20 Å². The maximum atomic E-state index is 14.0. The Kier molecular flexibility index (Phi) is 7.63. The summed E-state index contributed by atoms with van der Waals surface area (Å²) in [7, 11) is 1.96. The highest BCUT2D eigenvalue weighted by Crippen LogP contribution is 2.38. The number of nitrogens with one attached hydrogen (secondary N) is 2. The standard InChI is InChI=1S/C31H33F3N6O3/c1-18-16-40(17-20-13-23(4-5-24(18)20)42-27-6-9-35-28-25(27)12-19(2)37-28)30(41)38-21-14-26(31(32,33)34)29(36-15-21)43-22-7-10-39(3)11-8-22/h4-6,9,12-15,18,22H,7-8,10-11,16-17H2,1-3H3,(H,35,37)(H,38,41). The number of H-pyrrole nitrogens is 1. The van der Waals surface area contributed by atoms with E-state index in [1.807, 2.05) is 45.2 Å². The van der Waals surface area contributed by atoms with Gasteiger partial charge in [0.15, 0.2) is 0 Å². The molecule has 226 valence electrons. The Balaban J connectivity index is 1.17. The summed E-state index contributed by atoms with van der Waals surface area (Å²) in [6, 6.07) is 9.93. The van der Waals surface area contributed by atoms with Crippen LogP contribution >= 0.6 is 0 Å². The second kappa shape index (κ2) is 11.4. The Morgan fingerprint density at radius 3 is 2.67 bits per heavy atom. The van der Waals surface area contributed by atoms with Crippen molar-refractivity contribution >= 4 is 22.8 Å². The number of likely N-dealkylation sites (tertiary alicyclic amines) is 1. The summed E-state index contributed by atoms with van der Waals surface area (Å²) >= 11 is 0. The molecule has 0 radical (unpaired) electrons. The highest BCUT2D eigenvalue weighted by atomic mass is 19.4. The summed E-state index contributed by atoms with van der Waals surface area (Å²) in [6.45, 7) is 6.12. The van der Waals surface area contributed by atoms with Crippen LogP contribution in [0.1, 0.15) is 48.1 Å². The number of ether oxygens (including phenoxy) is 2. The fourth-order valence-electron chi connectivity index (χ4n) is 5.75. The molecule has 43 heavy (non-hydrogen) atoms. The first-order chi connectivity index (χ1) is 20.5. The van der Waals surface area contributed by atoms with E-state index in [0.29, 0.717) is 30.9 Å². The number of nitrogens with zero attached hydrogens (tertiary/aromatic N) is 4. The van der Waals surface area contributed by atoms with Gasteiger partial charge in [-0.05, 0) is 74.2 Å². The zero-order valence-electron chi connectivity index (χ0n) is 24.2. The number of pyridine rings is 2. The normalized spacial score (nSPS) is 18.0. The van der Waals surface area contributed by atoms with Gasteiger partial charge in [-0.1, -0.05) is 13.0 Å². The second-order valence-electron chi connectivity index (χ2n) is 11.4. The number of hydrogen-bond acceptors (Lipinski definition) is 6. The van der Waals surface area contributed by atoms with Crippen LogP contribution in [0.2, 0.25) is 0 Å². The molecule has 9 nitrogen and oxygen atoms in total. The molecule has 12 heteroatoms. The van der Waals surface area contributed by atoms with Gasteiger partial charge >= 0.3 is 12.2 Å². The molecule has 2 aliphatic heterocycles. The van der Waals surface area contributed by atoms with E-state index in [-0.39, 0.29) is 24.3 Å². The smallest absolute Gasteiger partial charge is 0.421 e. The van der Waals surface area contributed by atoms with E-state index in [1.54, 1.807) is 17.2 Å². The number of urea groups is 1. The molecule has 1 aromatic carbocycles. The molecule has 5 heterocycles. The first-order valence-corrected chi connectivity index (χ1v) is 14.3. The van der Waals surface area contributed by atoms with Gasteiger partial charge in [0.05, 0.1) is 17.3 Å². The minimum atomic E-state index is -4.69. The zero-order valence-corrected chi connectivity index (χ0v) is 24.2. The topological polar surface area (TPSA) is 95.6 Å². The Labute approximate surface area is 247 Å². The summed E-state index contributed by atoms with van der Waals surface area (Å²) in [5, 5.41) is 3.47. The quantitative estimate of drug-likeness (QED) is 0.267. The van der Waals surface area contributed by atoms with Crippen LogP contribution in [0, 0.1) is 6.92 Å². The van der Waals surface area contributed by atoms with Crippen LogP contribution < -0.4 is 14.8 Å². The number of fused-ring (bicyclic) bond motifs is 2. The summed E-state index contributed by atoms with van der Waals surface area (Å²) in [5.74, 6) is 0.815. The SMILES string of the molecule is Cc1cc2c(Oc3ccc4c(c3)CN(C(=O)Nc3cnc(OC5CCN(C)CC5)c(C(F)(F)F)c3)CC4C)ccnc2[nH]1. The van der Waals surface area contributed by atoms with Gasteiger partial charge in [-0.3, -0.25) is 0 Å². The number of carbonyl (C=O) groups is 1. The number of carbonyl (C=O) groups excluding carboxylic acids is 1. The van der Waals surface area contributed by atoms with Crippen molar-refractivity contribution in [2.45, 2.75) is 51.4 Å². The second-order valence-corrected chi connectivity index (χ2v) is 11.4. The monoisotopic (exact) mass is 594 g/mol. The molecule has 0 aliphatic carbocycles. The Morgan fingerprint density at radius 2 is 1.91 bits per heavy atom. The number of benzene rings is 1. The Morgan fingerprint density at radius 1 is 1.12 bits per heavy atom. The van der Waals surface area contributed by atoms with Gasteiger partial charge in [-0.15, -0.1) is 0 Å². The lowest BCUT2D eigenvalue weighted by Crippen LogP contribution is -2.40. The van der Waals surface area contributed by atoms with Gasteiger partial charge in [0.1, 0.15) is 28.8 Å². The van der Waals surface area contributed by atoms with E-state index in [0.717, 1.165) is 47.0 Å². The van der Waals surface area contributed by atoms with Gasteiger partial charge in [-0.25, -0.2) is 14.8 Å². The molecule has 1 unspecified atom stereocenters. The van der Waals surface area contributed by atoms with Crippen molar-refractivity contribution in [3.8, 4) is 17.4 Å². The van der Waals surface area contributed by atoms with Gasteiger partial charge < -0.3 is 29.6 Å². The third-order valence-electron chi connectivity index (χ3n) is 7.99. The molecule has 4 aromatic rings. The summed E-state index contributed by atoms with van der Waals surface area (Å²) in [5.41, 5.74) is 2.63. The van der Waals surface area contributed by atoms with Gasteiger partial charge in [-0.2, -0.15) is 13.2 Å². The minimum Gasteiger partial charge on any atom is -0.474 e. The van der Waals surface area contributed by atoms with Crippen LogP contribution in [-0.2, 0) is 12.7 Å². The first kappa shape index (κ1) is 28.8. The van der Waals surface area contributed by atoms with Gasteiger partial charge in [0.25, 0.3) is 0 Å². The molecular weight excluding hydrogens is 561 g/mol.